The van der Waals surface area contributed by atoms with Crippen LogP contribution in [-0.4, -0.2) is 5.11 Å². The van der Waals surface area contributed by atoms with E-state index in [0.29, 0.717) is 8.95 Å². The van der Waals surface area contributed by atoms with Crippen LogP contribution >= 0.6 is 43.2 Å². The lowest BCUT2D eigenvalue weighted by molar-refractivity contribution is 0.217. The van der Waals surface area contributed by atoms with Gasteiger partial charge in [-0.3, -0.25) is 0 Å². The molecule has 0 amide bonds. The van der Waals surface area contributed by atoms with E-state index in [1.165, 1.54) is 11.3 Å². The predicted molar refractivity (Wildman–Crippen MR) is 70.2 cm³/mol. The Labute approximate surface area is 113 Å². The highest BCUT2D eigenvalue weighted by atomic mass is 79.9. The van der Waals surface area contributed by atoms with Crippen molar-refractivity contribution in [3.8, 4) is 0 Å². The largest absolute Gasteiger partial charge is 0.383 e. The van der Waals surface area contributed by atoms with Crippen molar-refractivity contribution >= 4 is 43.2 Å². The van der Waals surface area contributed by atoms with Gasteiger partial charge in [0.05, 0.1) is 4.47 Å². The standard InChI is InChI=1S/C11H7Br2FOS/c12-6-3-4-7(13)10(14)9(6)11(15)8-2-1-5-16-8/h1-5,11,15H. The molecule has 0 aliphatic rings. The summed E-state index contributed by atoms with van der Waals surface area (Å²) in [5.41, 5.74) is 0.261. The molecule has 0 bridgehead atoms. The van der Waals surface area contributed by atoms with Crippen molar-refractivity contribution in [2.45, 2.75) is 6.10 Å². The Bertz CT molecular complexity index is 499. The van der Waals surface area contributed by atoms with Crippen LogP contribution in [0.15, 0.2) is 38.6 Å². The molecule has 0 aliphatic carbocycles. The van der Waals surface area contributed by atoms with Crippen molar-refractivity contribution in [3.05, 3.63) is 54.8 Å². The predicted octanol–water partition coefficient (Wildman–Crippen LogP) is 4.49. The summed E-state index contributed by atoms with van der Waals surface area (Å²) in [5, 5.41) is 11.9. The van der Waals surface area contributed by atoms with Crippen LogP contribution < -0.4 is 0 Å². The molecule has 1 N–H and O–H groups in total. The van der Waals surface area contributed by atoms with E-state index in [0.717, 1.165) is 4.88 Å². The molecular weight excluding hydrogens is 359 g/mol. The maximum absolute atomic E-state index is 13.9. The van der Waals surface area contributed by atoms with Crippen molar-refractivity contribution in [3.63, 3.8) is 0 Å². The van der Waals surface area contributed by atoms with Crippen molar-refractivity contribution in [2.75, 3.05) is 0 Å². The second-order valence-electron chi connectivity index (χ2n) is 3.17. The van der Waals surface area contributed by atoms with Crippen LogP contribution in [-0.2, 0) is 0 Å². The summed E-state index contributed by atoms with van der Waals surface area (Å²) in [6.07, 6.45) is -0.938. The molecule has 0 radical (unpaired) electrons. The average molecular weight is 366 g/mol. The minimum Gasteiger partial charge on any atom is -0.383 e. The molecule has 1 nitrogen and oxygen atoms in total. The van der Waals surface area contributed by atoms with E-state index < -0.39 is 11.9 Å². The van der Waals surface area contributed by atoms with Gasteiger partial charge in [0.2, 0.25) is 0 Å². The zero-order valence-corrected chi connectivity index (χ0v) is 11.9. The topological polar surface area (TPSA) is 20.2 Å². The number of benzene rings is 1. The molecule has 0 spiro atoms. The molecule has 0 fully saturated rings. The average Bonchev–Trinajstić information content (AvgIpc) is 2.77. The summed E-state index contributed by atoms with van der Waals surface area (Å²) in [4.78, 5) is 0.720. The minimum absolute atomic E-state index is 0.261. The van der Waals surface area contributed by atoms with Crippen LogP contribution in [0.5, 0.6) is 0 Å². The van der Waals surface area contributed by atoms with E-state index in [-0.39, 0.29) is 5.56 Å². The molecule has 1 heterocycles. The quantitative estimate of drug-likeness (QED) is 0.777. The highest BCUT2D eigenvalue weighted by molar-refractivity contribution is 9.11. The Kier molecular flexibility index (Phi) is 3.79. The minimum atomic E-state index is -0.938. The first-order valence-electron chi connectivity index (χ1n) is 4.46. The van der Waals surface area contributed by atoms with Crippen molar-refractivity contribution < 1.29 is 9.50 Å². The van der Waals surface area contributed by atoms with Gasteiger partial charge < -0.3 is 5.11 Å². The first-order chi connectivity index (χ1) is 7.61. The summed E-state index contributed by atoms with van der Waals surface area (Å²) in [5.74, 6) is -0.435. The van der Waals surface area contributed by atoms with Crippen LogP contribution in [0.1, 0.15) is 16.5 Å². The van der Waals surface area contributed by atoms with Gasteiger partial charge >= 0.3 is 0 Å². The highest BCUT2D eigenvalue weighted by Crippen LogP contribution is 2.35. The maximum atomic E-state index is 13.9. The fourth-order valence-corrected chi connectivity index (χ4v) is 2.97. The number of rotatable bonds is 2. The fourth-order valence-electron chi connectivity index (χ4n) is 1.38. The van der Waals surface area contributed by atoms with Gasteiger partial charge in [-0.15, -0.1) is 11.3 Å². The number of halogens is 3. The lowest BCUT2D eigenvalue weighted by Gasteiger charge is -2.13. The van der Waals surface area contributed by atoms with E-state index >= 15 is 0 Å². The second-order valence-corrected chi connectivity index (χ2v) is 5.86. The molecule has 1 aromatic heterocycles. The monoisotopic (exact) mass is 364 g/mol. The molecule has 0 aliphatic heterocycles. The summed E-state index contributed by atoms with van der Waals surface area (Å²) >= 11 is 7.76. The molecule has 84 valence electrons. The van der Waals surface area contributed by atoms with Gasteiger partial charge in [-0.25, -0.2) is 4.39 Å². The summed E-state index contributed by atoms with van der Waals surface area (Å²) < 4.78 is 14.8. The third-order valence-electron chi connectivity index (χ3n) is 2.17. The van der Waals surface area contributed by atoms with Gasteiger partial charge in [0, 0.05) is 14.9 Å². The summed E-state index contributed by atoms with van der Waals surface area (Å²) in [7, 11) is 0. The van der Waals surface area contributed by atoms with E-state index in [1.54, 1.807) is 18.2 Å². The van der Waals surface area contributed by atoms with Gasteiger partial charge in [-0.05, 0) is 39.5 Å². The number of hydrogen-bond acceptors (Lipinski definition) is 2. The van der Waals surface area contributed by atoms with Crippen molar-refractivity contribution in [2.24, 2.45) is 0 Å². The van der Waals surface area contributed by atoms with Crippen LogP contribution in [0.2, 0.25) is 0 Å². The number of hydrogen-bond donors (Lipinski definition) is 1. The highest BCUT2D eigenvalue weighted by Gasteiger charge is 2.20. The van der Waals surface area contributed by atoms with Crippen molar-refractivity contribution in [1.82, 2.24) is 0 Å². The van der Waals surface area contributed by atoms with Crippen molar-refractivity contribution in [1.29, 1.82) is 0 Å². The van der Waals surface area contributed by atoms with E-state index in [9.17, 15) is 9.50 Å². The van der Waals surface area contributed by atoms with Crippen LogP contribution in [0.4, 0.5) is 4.39 Å². The number of aliphatic hydroxyl groups excluding tert-OH is 1. The molecule has 5 heteroatoms. The van der Waals surface area contributed by atoms with E-state index in [4.69, 9.17) is 0 Å². The molecule has 1 atom stereocenters. The van der Waals surface area contributed by atoms with Crippen LogP contribution in [0.3, 0.4) is 0 Å². The Hall–Kier alpha value is -0.230. The zero-order valence-electron chi connectivity index (χ0n) is 7.95. The first kappa shape index (κ1) is 12.2. The lowest BCUT2D eigenvalue weighted by atomic mass is 10.1. The normalized spacial score (nSPS) is 12.8. The maximum Gasteiger partial charge on any atom is 0.144 e. The Morgan fingerprint density at radius 1 is 1.19 bits per heavy atom. The van der Waals surface area contributed by atoms with Gasteiger partial charge in [-0.1, -0.05) is 22.0 Å². The van der Waals surface area contributed by atoms with E-state index in [2.05, 4.69) is 31.9 Å². The molecule has 2 rings (SSSR count). The third-order valence-corrected chi connectivity index (χ3v) is 4.39. The summed E-state index contributed by atoms with van der Waals surface area (Å²) in [6.45, 7) is 0. The molecule has 16 heavy (non-hydrogen) atoms. The fraction of sp³-hybridized carbons (Fsp3) is 0.0909. The number of thiophene rings is 1. The van der Waals surface area contributed by atoms with Gasteiger partial charge in [0.25, 0.3) is 0 Å². The molecule has 0 saturated heterocycles. The SMILES string of the molecule is OC(c1cccs1)c1c(Br)ccc(Br)c1F. The molecule has 0 saturated carbocycles. The van der Waals surface area contributed by atoms with Gasteiger partial charge in [0.1, 0.15) is 11.9 Å². The van der Waals surface area contributed by atoms with Gasteiger partial charge in [-0.2, -0.15) is 0 Å². The van der Waals surface area contributed by atoms with Crippen LogP contribution in [0, 0.1) is 5.82 Å². The molecule has 1 unspecified atom stereocenters. The summed E-state index contributed by atoms with van der Waals surface area (Å²) in [6, 6.07) is 6.92. The second kappa shape index (κ2) is 4.96. The Morgan fingerprint density at radius 3 is 2.50 bits per heavy atom. The molecular formula is C11H7Br2FOS. The zero-order chi connectivity index (χ0) is 11.7. The Morgan fingerprint density at radius 2 is 1.88 bits per heavy atom. The number of aliphatic hydroxyl groups is 1. The molecule has 2 aromatic rings. The third kappa shape index (κ3) is 2.22. The first-order valence-corrected chi connectivity index (χ1v) is 6.92. The lowest BCUT2D eigenvalue weighted by Crippen LogP contribution is -2.02. The van der Waals surface area contributed by atoms with Gasteiger partial charge in [0.15, 0.2) is 0 Å². The smallest absolute Gasteiger partial charge is 0.144 e. The Balaban J connectivity index is 2.52. The molecule has 1 aromatic carbocycles. The van der Waals surface area contributed by atoms with E-state index in [1.807, 2.05) is 11.4 Å². The van der Waals surface area contributed by atoms with Crippen LogP contribution in [0.25, 0.3) is 0 Å².